The van der Waals surface area contributed by atoms with Crippen LogP contribution in [-0.4, -0.2) is 46.5 Å². The Balaban J connectivity index is 2.08. The van der Waals surface area contributed by atoms with Gasteiger partial charge in [0, 0.05) is 18.5 Å². The highest BCUT2D eigenvalue weighted by Gasteiger charge is 2.39. The van der Waals surface area contributed by atoms with Gasteiger partial charge in [-0.2, -0.15) is 0 Å². The summed E-state index contributed by atoms with van der Waals surface area (Å²) in [6.45, 7) is 13.8. The molecule has 7 nitrogen and oxygen atoms in total. The van der Waals surface area contributed by atoms with Gasteiger partial charge in [-0.1, -0.05) is 94.6 Å². The third-order valence-corrected chi connectivity index (χ3v) is 8.34. The molecule has 44 heavy (non-hydrogen) atoms. The minimum Gasteiger partial charge on any atom is -0.444 e. The number of ether oxygens (including phenoxy) is 1. The zero-order valence-electron chi connectivity index (χ0n) is 28.0. The summed E-state index contributed by atoms with van der Waals surface area (Å²) < 4.78 is 5.59. The van der Waals surface area contributed by atoms with E-state index in [0.29, 0.717) is 5.92 Å². The van der Waals surface area contributed by atoms with Gasteiger partial charge in [-0.15, -0.1) is 0 Å². The van der Waals surface area contributed by atoms with Crippen molar-refractivity contribution in [2.75, 3.05) is 0 Å². The molecule has 1 aliphatic carbocycles. The van der Waals surface area contributed by atoms with Crippen LogP contribution in [-0.2, 0) is 27.2 Å². The van der Waals surface area contributed by atoms with Crippen LogP contribution in [0.25, 0.3) is 0 Å². The van der Waals surface area contributed by atoms with Crippen molar-refractivity contribution in [2.24, 2.45) is 5.92 Å². The molecular formula is C37H55N3O4. The molecule has 1 saturated carbocycles. The van der Waals surface area contributed by atoms with Crippen molar-refractivity contribution in [3.8, 4) is 0 Å². The SMILES string of the molecule is CCc1ccc(C(C(=O)NC2CCCCC2)N(C(=O)C(Cc2ccccc2)NC(=O)OC(C)(C)C)C(C)CCC(C)C)cc1. The number of aryl methyl sites for hydroxylation is 1. The fraction of sp³-hybridized carbons (Fsp3) is 0.595. The van der Waals surface area contributed by atoms with Gasteiger partial charge >= 0.3 is 6.09 Å². The normalized spacial score (nSPS) is 16.1. The van der Waals surface area contributed by atoms with Gasteiger partial charge in [0.15, 0.2) is 0 Å². The fourth-order valence-electron chi connectivity index (χ4n) is 5.89. The number of amides is 3. The van der Waals surface area contributed by atoms with Crippen molar-refractivity contribution in [2.45, 2.75) is 136 Å². The first-order chi connectivity index (χ1) is 20.9. The average molecular weight is 606 g/mol. The van der Waals surface area contributed by atoms with Crippen LogP contribution < -0.4 is 10.6 Å². The van der Waals surface area contributed by atoms with E-state index in [-0.39, 0.29) is 30.3 Å². The number of hydrogen-bond donors (Lipinski definition) is 2. The summed E-state index contributed by atoms with van der Waals surface area (Å²) in [5.74, 6) is -0.0197. The Morgan fingerprint density at radius 1 is 0.886 bits per heavy atom. The van der Waals surface area contributed by atoms with Crippen LogP contribution in [0.15, 0.2) is 54.6 Å². The highest BCUT2D eigenvalue weighted by molar-refractivity contribution is 5.92. The van der Waals surface area contributed by atoms with Gasteiger partial charge in [-0.25, -0.2) is 4.79 Å². The molecule has 2 N–H and O–H groups in total. The van der Waals surface area contributed by atoms with Crippen LogP contribution in [0.1, 0.15) is 116 Å². The summed E-state index contributed by atoms with van der Waals surface area (Å²) in [6.07, 6.45) is 7.39. The van der Waals surface area contributed by atoms with E-state index in [1.807, 2.05) is 61.5 Å². The monoisotopic (exact) mass is 605 g/mol. The predicted molar refractivity (Wildman–Crippen MR) is 177 cm³/mol. The Morgan fingerprint density at radius 2 is 1.52 bits per heavy atom. The van der Waals surface area contributed by atoms with Crippen molar-refractivity contribution in [1.29, 1.82) is 0 Å². The molecule has 0 aliphatic heterocycles. The molecule has 0 spiro atoms. The zero-order chi connectivity index (χ0) is 32.3. The second-order valence-corrected chi connectivity index (χ2v) is 13.8. The van der Waals surface area contributed by atoms with E-state index in [1.54, 1.807) is 25.7 Å². The number of rotatable bonds is 13. The molecule has 7 heteroatoms. The maximum Gasteiger partial charge on any atom is 0.408 e. The highest BCUT2D eigenvalue weighted by Crippen LogP contribution is 2.29. The Bertz CT molecular complexity index is 1180. The number of carbonyl (C=O) groups excluding carboxylic acids is 3. The maximum atomic E-state index is 14.8. The number of alkyl carbamates (subject to hydrolysis) is 1. The number of hydrogen-bond acceptors (Lipinski definition) is 4. The molecule has 0 saturated heterocycles. The smallest absolute Gasteiger partial charge is 0.408 e. The molecule has 3 amide bonds. The lowest BCUT2D eigenvalue weighted by Crippen LogP contribution is -2.57. The van der Waals surface area contributed by atoms with Gasteiger partial charge in [0.2, 0.25) is 11.8 Å². The van der Waals surface area contributed by atoms with Crippen molar-refractivity contribution in [3.05, 3.63) is 71.3 Å². The summed E-state index contributed by atoms with van der Waals surface area (Å²) in [5, 5.41) is 6.20. The van der Waals surface area contributed by atoms with Gasteiger partial charge in [0.25, 0.3) is 0 Å². The van der Waals surface area contributed by atoms with E-state index in [9.17, 15) is 14.4 Å². The molecule has 3 unspecified atom stereocenters. The molecule has 2 aromatic carbocycles. The average Bonchev–Trinajstić information content (AvgIpc) is 2.98. The van der Waals surface area contributed by atoms with E-state index >= 15 is 0 Å². The molecule has 2 aromatic rings. The van der Waals surface area contributed by atoms with Crippen LogP contribution >= 0.6 is 0 Å². The Hall–Kier alpha value is -3.35. The lowest BCUT2D eigenvalue weighted by molar-refractivity contribution is -0.145. The largest absolute Gasteiger partial charge is 0.444 e. The second-order valence-electron chi connectivity index (χ2n) is 13.8. The molecule has 242 valence electrons. The molecule has 0 aromatic heterocycles. The number of nitrogens with one attached hydrogen (secondary N) is 2. The standard InChI is InChI=1S/C37H55N3O4/c1-8-28-21-23-30(24-22-28)33(34(41)38-31-17-13-10-14-18-31)40(27(4)20-19-26(2)3)35(42)32(25-29-15-11-9-12-16-29)39-36(43)44-37(5,6)7/h9,11-12,15-16,21-24,26-27,31-33H,8,10,13-14,17-20,25H2,1-7H3,(H,38,41)(H,39,43). The first-order valence-electron chi connectivity index (χ1n) is 16.6. The van der Waals surface area contributed by atoms with Crippen molar-refractivity contribution >= 4 is 17.9 Å². The zero-order valence-corrected chi connectivity index (χ0v) is 28.0. The van der Waals surface area contributed by atoms with Crippen LogP contribution in [0.4, 0.5) is 4.79 Å². The minimum absolute atomic E-state index is 0.0941. The van der Waals surface area contributed by atoms with Crippen LogP contribution in [0, 0.1) is 5.92 Å². The van der Waals surface area contributed by atoms with E-state index in [1.165, 1.54) is 12.0 Å². The molecular weight excluding hydrogens is 550 g/mol. The molecule has 0 bridgehead atoms. The highest BCUT2D eigenvalue weighted by atomic mass is 16.6. The summed E-state index contributed by atoms with van der Waals surface area (Å²) in [4.78, 5) is 44.0. The van der Waals surface area contributed by atoms with Gasteiger partial charge in [0.05, 0.1) is 0 Å². The summed E-state index contributed by atoms with van der Waals surface area (Å²) in [5.41, 5.74) is 2.13. The number of benzene rings is 2. The topological polar surface area (TPSA) is 87.7 Å². The first-order valence-corrected chi connectivity index (χ1v) is 16.6. The van der Waals surface area contributed by atoms with Gasteiger partial charge < -0.3 is 20.3 Å². The van der Waals surface area contributed by atoms with Gasteiger partial charge in [0.1, 0.15) is 17.7 Å². The maximum absolute atomic E-state index is 14.8. The molecule has 0 heterocycles. The third-order valence-electron chi connectivity index (χ3n) is 8.34. The van der Waals surface area contributed by atoms with E-state index in [4.69, 9.17) is 4.74 Å². The van der Waals surface area contributed by atoms with Gasteiger partial charge in [-0.05, 0) is 82.4 Å². The van der Waals surface area contributed by atoms with Crippen molar-refractivity contribution in [3.63, 3.8) is 0 Å². The summed E-state index contributed by atoms with van der Waals surface area (Å²) in [6, 6.07) is 15.8. The van der Waals surface area contributed by atoms with Crippen molar-refractivity contribution in [1.82, 2.24) is 15.5 Å². The first kappa shape index (κ1) is 35.1. The van der Waals surface area contributed by atoms with Crippen LogP contribution in [0.5, 0.6) is 0 Å². The molecule has 1 fully saturated rings. The quantitative estimate of drug-likeness (QED) is 0.247. The Kier molecular flexibility index (Phi) is 13.3. The van der Waals surface area contributed by atoms with Crippen LogP contribution in [0.2, 0.25) is 0 Å². The molecule has 3 atom stereocenters. The Morgan fingerprint density at radius 3 is 2.09 bits per heavy atom. The number of carbonyl (C=O) groups is 3. The molecule has 0 radical (unpaired) electrons. The molecule has 1 aliphatic rings. The number of nitrogens with zero attached hydrogens (tertiary/aromatic N) is 1. The lowest BCUT2D eigenvalue weighted by Gasteiger charge is -2.39. The van der Waals surface area contributed by atoms with E-state index < -0.39 is 23.8 Å². The summed E-state index contributed by atoms with van der Waals surface area (Å²) >= 11 is 0. The van der Waals surface area contributed by atoms with E-state index in [2.05, 4.69) is 31.4 Å². The fourth-order valence-corrected chi connectivity index (χ4v) is 5.89. The van der Waals surface area contributed by atoms with Gasteiger partial charge in [-0.3, -0.25) is 9.59 Å². The van der Waals surface area contributed by atoms with E-state index in [0.717, 1.165) is 56.1 Å². The predicted octanol–water partition coefficient (Wildman–Crippen LogP) is 7.53. The molecule has 3 rings (SSSR count). The Labute approximate surface area is 265 Å². The third kappa shape index (κ3) is 11.0. The second kappa shape index (κ2) is 16.6. The minimum atomic E-state index is -0.923. The lowest BCUT2D eigenvalue weighted by atomic mass is 9.93. The van der Waals surface area contributed by atoms with Crippen molar-refractivity contribution < 1.29 is 19.1 Å². The summed E-state index contributed by atoms with van der Waals surface area (Å²) in [7, 11) is 0. The van der Waals surface area contributed by atoms with Crippen LogP contribution in [0.3, 0.4) is 0 Å².